The third kappa shape index (κ3) is 0.732. The summed E-state index contributed by atoms with van der Waals surface area (Å²) in [6, 6.07) is 0. The van der Waals surface area contributed by atoms with Gasteiger partial charge in [0.1, 0.15) is 6.10 Å². The van der Waals surface area contributed by atoms with E-state index in [1.165, 1.54) is 0 Å². The third-order valence-electron chi connectivity index (χ3n) is 1.95. The standard InChI is InChI=1S/C7H12O2/c1-4-5-7(2,3)6(8)9-5/h5H,4H2,1-3H3/t5-/m1/s1. The van der Waals surface area contributed by atoms with Crippen molar-refractivity contribution in [3.05, 3.63) is 0 Å². The van der Waals surface area contributed by atoms with E-state index in [1.807, 2.05) is 20.8 Å². The van der Waals surface area contributed by atoms with Crippen molar-refractivity contribution in [1.29, 1.82) is 0 Å². The van der Waals surface area contributed by atoms with Gasteiger partial charge < -0.3 is 4.74 Å². The maximum absolute atomic E-state index is 10.7. The van der Waals surface area contributed by atoms with Crippen LogP contribution in [0.2, 0.25) is 0 Å². The van der Waals surface area contributed by atoms with Gasteiger partial charge in [0.15, 0.2) is 0 Å². The summed E-state index contributed by atoms with van der Waals surface area (Å²) in [5.41, 5.74) is -0.214. The fourth-order valence-corrected chi connectivity index (χ4v) is 1.10. The molecule has 1 aliphatic rings. The molecule has 0 spiro atoms. The van der Waals surface area contributed by atoms with E-state index >= 15 is 0 Å². The van der Waals surface area contributed by atoms with Crippen LogP contribution in [0.25, 0.3) is 0 Å². The van der Waals surface area contributed by atoms with Crippen LogP contribution in [0.3, 0.4) is 0 Å². The zero-order chi connectivity index (χ0) is 7.07. The van der Waals surface area contributed by atoms with E-state index in [9.17, 15) is 4.79 Å². The minimum atomic E-state index is -0.214. The highest BCUT2D eigenvalue weighted by Crippen LogP contribution is 2.36. The maximum Gasteiger partial charge on any atom is 0.315 e. The molecule has 1 atom stereocenters. The molecule has 1 fully saturated rings. The molecule has 1 aliphatic heterocycles. The van der Waals surface area contributed by atoms with Crippen molar-refractivity contribution in [1.82, 2.24) is 0 Å². The van der Waals surface area contributed by atoms with Gasteiger partial charge in [0, 0.05) is 0 Å². The molecule has 0 bridgehead atoms. The molecule has 0 aliphatic carbocycles. The number of hydrogen-bond donors (Lipinski definition) is 0. The average Bonchev–Trinajstić information content (AvgIpc) is 1.82. The predicted molar refractivity (Wildman–Crippen MR) is 34.0 cm³/mol. The molecule has 2 heteroatoms. The highest BCUT2D eigenvalue weighted by molar-refractivity contribution is 5.82. The van der Waals surface area contributed by atoms with Crippen LogP contribution >= 0.6 is 0 Å². The second-order valence-corrected chi connectivity index (χ2v) is 3.02. The summed E-state index contributed by atoms with van der Waals surface area (Å²) < 4.78 is 4.86. The molecule has 0 unspecified atom stereocenters. The molecule has 52 valence electrons. The lowest BCUT2D eigenvalue weighted by Gasteiger charge is -2.41. The van der Waals surface area contributed by atoms with Crippen molar-refractivity contribution in [3.8, 4) is 0 Å². The fraction of sp³-hybridized carbons (Fsp3) is 0.857. The molecule has 0 saturated carbocycles. The van der Waals surface area contributed by atoms with Crippen LogP contribution in [0.1, 0.15) is 27.2 Å². The summed E-state index contributed by atoms with van der Waals surface area (Å²) in [7, 11) is 0. The van der Waals surface area contributed by atoms with Crippen LogP contribution in [-0.4, -0.2) is 12.1 Å². The molecule has 9 heavy (non-hydrogen) atoms. The van der Waals surface area contributed by atoms with Gasteiger partial charge in [-0.05, 0) is 20.3 Å². The van der Waals surface area contributed by atoms with E-state index in [0.29, 0.717) is 0 Å². The molecule has 0 amide bonds. The summed E-state index contributed by atoms with van der Waals surface area (Å²) >= 11 is 0. The molecule has 1 rings (SSSR count). The van der Waals surface area contributed by atoms with Gasteiger partial charge in [-0.25, -0.2) is 0 Å². The summed E-state index contributed by atoms with van der Waals surface area (Å²) in [6.45, 7) is 5.87. The van der Waals surface area contributed by atoms with Crippen LogP contribution in [0.5, 0.6) is 0 Å². The Morgan fingerprint density at radius 1 is 1.67 bits per heavy atom. The molecular weight excluding hydrogens is 116 g/mol. The Morgan fingerprint density at radius 2 is 2.22 bits per heavy atom. The smallest absolute Gasteiger partial charge is 0.315 e. The molecule has 0 aromatic rings. The number of carbonyl (C=O) groups is 1. The van der Waals surface area contributed by atoms with Crippen molar-refractivity contribution in [3.63, 3.8) is 0 Å². The molecule has 0 N–H and O–H groups in total. The third-order valence-corrected chi connectivity index (χ3v) is 1.95. The first-order valence-electron chi connectivity index (χ1n) is 3.30. The number of hydrogen-bond acceptors (Lipinski definition) is 2. The highest BCUT2D eigenvalue weighted by Gasteiger charge is 2.49. The number of cyclic esters (lactones) is 1. The van der Waals surface area contributed by atoms with Crippen LogP contribution in [0.15, 0.2) is 0 Å². The first-order chi connectivity index (χ1) is 4.09. The van der Waals surface area contributed by atoms with E-state index in [4.69, 9.17) is 4.74 Å². The molecule has 0 aromatic heterocycles. The van der Waals surface area contributed by atoms with Crippen molar-refractivity contribution in [2.75, 3.05) is 0 Å². The van der Waals surface area contributed by atoms with E-state index in [2.05, 4.69) is 0 Å². The zero-order valence-corrected chi connectivity index (χ0v) is 6.10. The number of carbonyl (C=O) groups excluding carboxylic acids is 1. The van der Waals surface area contributed by atoms with Gasteiger partial charge in [-0.2, -0.15) is 0 Å². The van der Waals surface area contributed by atoms with E-state index in [-0.39, 0.29) is 17.5 Å². The van der Waals surface area contributed by atoms with Gasteiger partial charge in [0.05, 0.1) is 5.41 Å². The molecule has 1 heterocycles. The number of esters is 1. The van der Waals surface area contributed by atoms with Gasteiger partial charge in [0.2, 0.25) is 0 Å². The first-order valence-corrected chi connectivity index (χ1v) is 3.30. The minimum Gasteiger partial charge on any atom is -0.461 e. The largest absolute Gasteiger partial charge is 0.461 e. The zero-order valence-electron chi connectivity index (χ0n) is 6.10. The fourth-order valence-electron chi connectivity index (χ4n) is 1.10. The summed E-state index contributed by atoms with van der Waals surface area (Å²) in [4.78, 5) is 10.7. The van der Waals surface area contributed by atoms with Gasteiger partial charge in [-0.3, -0.25) is 4.79 Å². The number of rotatable bonds is 1. The SMILES string of the molecule is CC[C@H]1OC(=O)C1(C)C. The Bertz CT molecular complexity index is 138. The summed E-state index contributed by atoms with van der Waals surface area (Å²) in [5, 5.41) is 0. The lowest BCUT2D eigenvalue weighted by atomic mass is 9.80. The highest BCUT2D eigenvalue weighted by atomic mass is 16.6. The van der Waals surface area contributed by atoms with Gasteiger partial charge >= 0.3 is 5.97 Å². The Labute approximate surface area is 55.2 Å². The second kappa shape index (κ2) is 1.72. The van der Waals surface area contributed by atoms with Crippen molar-refractivity contribution in [2.45, 2.75) is 33.3 Å². The van der Waals surface area contributed by atoms with Gasteiger partial charge in [-0.15, -0.1) is 0 Å². The molecular formula is C7H12O2. The van der Waals surface area contributed by atoms with Crippen LogP contribution in [0, 0.1) is 5.41 Å². The van der Waals surface area contributed by atoms with E-state index in [1.54, 1.807) is 0 Å². The molecule has 0 aromatic carbocycles. The van der Waals surface area contributed by atoms with Crippen molar-refractivity contribution >= 4 is 5.97 Å². The number of ether oxygens (including phenoxy) is 1. The quantitative estimate of drug-likeness (QED) is 0.498. The normalized spacial score (nSPS) is 31.0. The Morgan fingerprint density at radius 3 is 2.33 bits per heavy atom. The van der Waals surface area contributed by atoms with E-state index in [0.717, 1.165) is 6.42 Å². The van der Waals surface area contributed by atoms with Crippen LogP contribution < -0.4 is 0 Å². The van der Waals surface area contributed by atoms with Gasteiger partial charge in [0.25, 0.3) is 0 Å². The lowest BCUT2D eigenvalue weighted by molar-refractivity contribution is -0.201. The van der Waals surface area contributed by atoms with Crippen molar-refractivity contribution < 1.29 is 9.53 Å². The Hall–Kier alpha value is -0.530. The monoisotopic (exact) mass is 128 g/mol. The van der Waals surface area contributed by atoms with Crippen LogP contribution in [0.4, 0.5) is 0 Å². The molecule has 1 saturated heterocycles. The average molecular weight is 128 g/mol. The predicted octanol–water partition coefficient (Wildman–Crippen LogP) is 1.35. The Balaban J connectivity index is 2.58. The Kier molecular flexibility index (Phi) is 1.26. The molecule has 2 nitrogen and oxygen atoms in total. The van der Waals surface area contributed by atoms with E-state index < -0.39 is 0 Å². The van der Waals surface area contributed by atoms with Crippen molar-refractivity contribution in [2.24, 2.45) is 5.41 Å². The molecule has 0 radical (unpaired) electrons. The maximum atomic E-state index is 10.7. The second-order valence-electron chi connectivity index (χ2n) is 3.02. The summed E-state index contributed by atoms with van der Waals surface area (Å²) in [5.74, 6) is -0.0608. The summed E-state index contributed by atoms with van der Waals surface area (Å²) in [6.07, 6.45) is 1.09. The van der Waals surface area contributed by atoms with Crippen LogP contribution in [-0.2, 0) is 9.53 Å². The first kappa shape index (κ1) is 6.59. The minimum absolute atomic E-state index is 0.0608. The lowest BCUT2D eigenvalue weighted by Crippen LogP contribution is -2.52. The van der Waals surface area contributed by atoms with Gasteiger partial charge in [-0.1, -0.05) is 6.92 Å². The topological polar surface area (TPSA) is 26.3 Å².